The molecule has 0 saturated heterocycles. The number of fused-ring (bicyclic) bond motifs is 1. The van der Waals surface area contributed by atoms with Gasteiger partial charge in [0.25, 0.3) is 5.91 Å². The lowest BCUT2D eigenvalue weighted by Gasteiger charge is -2.28. The molecule has 6 nitrogen and oxygen atoms in total. The first-order valence-corrected chi connectivity index (χ1v) is 10.4. The fourth-order valence-electron chi connectivity index (χ4n) is 3.81. The lowest BCUT2D eigenvalue weighted by atomic mass is 10.0. The Morgan fingerprint density at radius 3 is 2.53 bits per heavy atom. The number of ether oxygens (including phenoxy) is 1. The molecule has 1 heterocycles. The van der Waals surface area contributed by atoms with Crippen molar-refractivity contribution in [3.8, 4) is 5.75 Å². The number of amides is 2. The summed E-state index contributed by atoms with van der Waals surface area (Å²) in [5.74, 6) is 0.0811. The maximum Gasteiger partial charge on any atom is 0.405 e. The van der Waals surface area contributed by atoms with E-state index in [0.29, 0.717) is 30.8 Å². The Bertz CT molecular complexity index is 1100. The summed E-state index contributed by atoms with van der Waals surface area (Å²) in [6.07, 6.45) is -0.0552. The van der Waals surface area contributed by atoms with E-state index in [2.05, 4.69) is 5.32 Å². The van der Waals surface area contributed by atoms with Gasteiger partial charge in [-0.15, -0.1) is 0 Å². The minimum atomic E-state index is -1.28. The molecular formula is C25H23FN2O4. The molecule has 4 rings (SSSR count). The van der Waals surface area contributed by atoms with Crippen molar-refractivity contribution in [1.29, 1.82) is 0 Å². The third kappa shape index (κ3) is 4.88. The van der Waals surface area contributed by atoms with E-state index in [1.54, 1.807) is 53.4 Å². The summed E-state index contributed by atoms with van der Waals surface area (Å²) in [5, 5.41) is 11.7. The smallest absolute Gasteiger partial charge is 0.405 e. The molecule has 0 aromatic heterocycles. The SMILES string of the molecule is O=C(O)N[C@H](C(=O)N(CCc1ccc(F)cc1)c1ccc2c(c1)CCO2)c1ccccc1. The Kier molecular flexibility index (Phi) is 6.35. The van der Waals surface area contributed by atoms with E-state index in [-0.39, 0.29) is 11.7 Å². The predicted molar refractivity (Wildman–Crippen MR) is 118 cm³/mol. The largest absolute Gasteiger partial charge is 0.493 e. The number of nitrogens with one attached hydrogen (secondary N) is 1. The standard InChI is InChI=1S/C25H23FN2O4/c26-20-8-6-17(7-9-20)12-14-28(21-10-11-22-19(16-21)13-15-32-22)24(29)23(27-25(30)31)18-4-2-1-3-5-18/h1-11,16,23,27H,12-15H2,(H,30,31)/t23-/m0/s1. The van der Waals surface area contributed by atoms with Gasteiger partial charge >= 0.3 is 6.09 Å². The average Bonchev–Trinajstić information content (AvgIpc) is 3.27. The summed E-state index contributed by atoms with van der Waals surface area (Å²) in [6.45, 7) is 0.893. The molecule has 0 bridgehead atoms. The highest BCUT2D eigenvalue weighted by atomic mass is 19.1. The molecule has 0 aliphatic carbocycles. The highest BCUT2D eigenvalue weighted by molar-refractivity contribution is 5.99. The van der Waals surface area contributed by atoms with Gasteiger partial charge in [-0.25, -0.2) is 9.18 Å². The Labute approximate surface area is 185 Å². The van der Waals surface area contributed by atoms with Gasteiger partial charge in [0.15, 0.2) is 0 Å². The molecule has 164 valence electrons. The molecule has 7 heteroatoms. The summed E-state index contributed by atoms with van der Waals surface area (Å²) < 4.78 is 18.9. The molecule has 0 radical (unpaired) electrons. The van der Waals surface area contributed by atoms with Gasteiger partial charge in [0.2, 0.25) is 0 Å². The number of carboxylic acid groups (broad SMARTS) is 1. The first kappa shape index (κ1) is 21.4. The van der Waals surface area contributed by atoms with Crippen LogP contribution in [0.25, 0.3) is 0 Å². The number of hydrogen-bond acceptors (Lipinski definition) is 3. The summed E-state index contributed by atoms with van der Waals surface area (Å²) in [4.78, 5) is 26.7. The number of benzene rings is 3. The molecule has 0 saturated carbocycles. The molecule has 32 heavy (non-hydrogen) atoms. The van der Waals surface area contributed by atoms with Crippen LogP contribution in [0.1, 0.15) is 22.7 Å². The maximum atomic E-state index is 13.7. The summed E-state index contributed by atoms with van der Waals surface area (Å²) in [7, 11) is 0. The van der Waals surface area contributed by atoms with Gasteiger partial charge in [-0.05, 0) is 53.4 Å². The van der Waals surface area contributed by atoms with E-state index in [1.165, 1.54) is 12.1 Å². The van der Waals surface area contributed by atoms with E-state index >= 15 is 0 Å². The van der Waals surface area contributed by atoms with Gasteiger partial charge in [-0.3, -0.25) is 4.79 Å². The number of halogens is 1. The van der Waals surface area contributed by atoms with Crippen molar-refractivity contribution in [2.24, 2.45) is 0 Å². The highest BCUT2D eigenvalue weighted by Gasteiger charge is 2.29. The molecule has 2 amide bonds. The molecule has 0 fully saturated rings. The van der Waals surface area contributed by atoms with Crippen LogP contribution < -0.4 is 15.0 Å². The number of anilines is 1. The monoisotopic (exact) mass is 434 g/mol. The van der Waals surface area contributed by atoms with Crippen LogP contribution in [-0.4, -0.2) is 30.3 Å². The molecule has 1 aliphatic rings. The van der Waals surface area contributed by atoms with Crippen LogP contribution in [0.3, 0.4) is 0 Å². The Balaban J connectivity index is 1.67. The first-order valence-electron chi connectivity index (χ1n) is 10.4. The van der Waals surface area contributed by atoms with Gasteiger partial charge in [0.05, 0.1) is 6.61 Å². The van der Waals surface area contributed by atoms with Crippen LogP contribution in [0.15, 0.2) is 72.8 Å². The quantitative estimate of drug-likeness (QED) is 0.580. The van der Waals surface area contributed by atoms with Crippen LogP contribution in [0, 0.1) is 5.82 Å². The maximum absolute atomic E-state index is 13.7. The van der Waals surface area contributed by atoms with Crippen LogP contribution in [0.5, 0.6) is 5.75 Å². The number of carbonyl (C=O) groups is 2. The molecule has 2 N–H and O–H groups in total. The van der Waals surface area contributed by atoms with Crippen molar-refractivity contribution in [3.05, 3.63) is 95.3 Å². The predicted octanol–water partition coefficient (Wildman–Crippen LogP) is 4.35. The summed E-state index contributed by atoms with van der Waals surface area (Å²) >= 11 is 0. The van der Waals surface area contributed by atoms with Gasteiger partial charge in [0, 0.05) is 18.7 Å². The first-order chi connectivity index (χ1) is 15.5. The highest BCUT2D eigenvalue weighted by Crippen LogP contribution is 2.31. The second-order valence-corrected chi connectivity index (χ2v) is 7.55. The number of nitrogens with zero attached hydrogens (tertiary/aromatic N) is 1. The minimum Gasteiger partial charge on any atom is -0.493 e. The lowest BCUT2D eigenvalue weighted by molar-refractivity contribution is -0.120. The van der Waals surface area contributed by atoms with E-state index < -0.39 is 12.1 Å². The van der Waals surface area contributed by atoms with Crippen LogP contribution in [0.4, 0.5) is 14.9 Å². The molecule has 1 atom stereocenters. The number of carbonyl (C=O) groups excluding carboxylic acids is 1. The second kappa shape index (κ2) is 9.51. The summed E-state index contributed by atoms with van der Waals surface area (Å²) in [6, 6.07) is 19.4. The third-order valence-electron chi connectivity index (χ3n) is 5.44. The Morgan fingerprint density at radius 1 is 1.06 bits per heavy atom. The average molecular weight is 434 g/mol. The second-order valence-electron chi connectivity index (χ2n) is 7.55. The van der Waals surface area contributed by atoms with Crippen molar-refractivity contribution in [2.45, 2.75) is 18.9 Å². The lowest BCUT2D eigenvalue weighted by Crippen LogP contribution is -2.43. The van der Waals surface area contributed by atoms with Crippen LogP contribution >= 0.6 is 0 Å². The van der Waals surface area contributed by atoms with Crippen LogP contribution in [0.2, 0.25) is 0 Å². The van der Waals surface area contributed by atoms with E-state index in [9.17, 15) is 19.1 Å². The topological polar surface area (TPSA) is 78.9 Å². The molecular weight excluding hydrogens is 411 g/mol. The molecule has 0 spiro atoms. The number of hydrogen-bond donors (Lipinski definition) is 2. The fourth-order valence-corrected chi connectivity index (χ4v) is 3.81. The fraction of sp³-hybridized carbons (Fsp3) is 0.200. The van der Waals surface area contributed by atoms with Gasteiger partial charge in [0.1, 0.15) is 17.6 Å². The zero-order valence-electron chi connectivity index (χ0n) is 17.3. The normalized spacial score (nSPS) is 13.0. The van der Waals surface area contributed by atoms with Crippen molar-refractivity contribution in [3.63, 3.8) is 0 Å². The van der Waals surface area contributed by atoms with Gasteiger partial charge in [-0.1, -0.05) is 42.5 Å². The zero-order chi connectivity index (χ0) is 22.5. The Morgan fingerprint density at radius 2 is 1.81 bits per heavy atom. The molecule has 1 aliphatic heterocycles. The van der Waals surface area contributed by atoms with Gasteiger partial charge < -0.3 is 20.1 Å². The van der Waals surface area contributed by atoms with E-state index in [4.69, 9.17) is 4.74 Å². The van der Waals surface area contributed by atoms with Crippen LogP contribution in [-0.2, 0) is 17.6 Å². The van der Waals surface area contributed by atoms with E-state index in [0.717, 1.165) is 23.3 Å². The van der Waals surface area contributed by atoms with Crippen molar-refractivity contribution >= 4 is 17.7 Å². The number of rotatable bonds is 7. The van der Waals surface area contributed by atoms with E-state index in [1.807, 2.05) is 12.1 Å². The minimum absolute atomic E-state index is 0.300. The Hall–Kier alpha value is -3.87. The zero-order valence-corrected chi connectivity index (χ0v) is 17.3. The van der Waals surface area contributed by atoms with Crippen molar-refractivity contribution in [1.82, 2.24) is 5.32 Å². The summed E-state index contributed by atoms with van der Waals surface area (Å²) in [5.41, 5.74) is 3.09. The molecule has 0 unspecified atom stereocenters. The van der Waals surface area contributed by atoms with Crippen molar-refractivity contribution < 1.29 is 23.8 Å². The third-order valence-corrected chi connectivity index (χ3v) is 5.44. The molecule has 3 aromatic carbocycles. The molecule has 3 aromatic rings. The van der Waals surface area contributed by atoms with Gasteiger partial charge in [-0.2, -0.15) is 0 Å². The van der Waals surface area contributed by atoms with Crippen molar-refractivity contribution in [2.75, 3.05) is 18.1 Å².